The Kier molecular flexibility index (Phi) is 3.61. The molecule has 0 aromatic heterocycles. The fourth-order valence-electron chi connectivity index (χ4n) is 0.417. The largest absolute Gasteiger partial charge is 0.299 e. The van der Waals surface area contributed by atoms with Crippen molar-refractivity contribution in [2.75, 3.05) is 13.1 Å². The Labute approximate surface area is 44.1 Å². The molecule has 0 unspecified atom stereocenters. The molecule has 7 heavy (non-hydrogen) atoms. The predicted octanol–water partition coefficient (Wildman–Crippen LogP) is -0.932. The summed E-state index contributed by atoms with van der Waals surface area (Å²) in [6.07, 6.45) is 0.944. The highest BCUT2D eigenvalue weighted by atomic mass is 16.1. The molecule has 0 rings (SSSR count). The maximum absolute atomic E-state index is 9.93. The van der Waals surface area contributed by atoms with E-state index >= 15 is 0 Å². The van der Waals surface area contributed by atoms with E-state index < -0.39 is 0 Å². The first-order valence-corrected chi connectivity index (χ1v) is 2.65. The number of carbonyl (C=O) groups excluding carboxylic acids is 1. The Bertz CT molecular complexity index is 50.0. The van der Waals surface area contributed by atoms with E-state index in [0.717, 1.165) is 24.4 Å². The second-order valence-corrected chi connectivity index (χ2v) is 1.48. The van der Waals surface area contributed by atoms with Gasteiger partial charge in [-0.3, -0.25) is 4.90 Å². The average molecular weight is 102 g/mol. The van der Waals surface area contributed by atoms with E-state index in [-0.39, 0.29) is 0 Å². The molecule has 0 atom stereocenters. The summed E-state index contributed by atoms with van der Waals surface area (Å²) in [6, 6.07) is 0. The lowest BCUT2D eigenvalue weighted by Gasteiger charge is -2.02. The molecule has 0 radical (unpaired) electrons. The number of hydrogen-bond acceptors (Lipinski definition) is 1. The maximum atomic E-state index is 9.93. The quantitative estimate of drug-likeness (QED) is 0.457. The molecule has 0 bridgehead atoms. The van der Waals surface area contributed by atoms with Crippen molar-refractivity contribution in [1.82, 2.24) is 0 Å². The van der Waals surface area contributed by atoms with E-state index in [1.165, 1.54) is 0 Å². The molecule has 0 heterocycles. The van der Waals surface area contributed by atoms with Gasteiger partial charge in [-0.15, -0.1) is 0 Å². The summed E-state index contributed by atoms with van der Waals surface area (Å²) >= 11 is 0. The molecule has 0 aromatic carbocycles. The smallest absolute Gasteiger partial charge is 0.275 e. The van der Waals surface area contributed by atoms with Gasteiger partial charge >= 0.3 is 0 Å². The Morgan fingerprint density at radius 1 is 1.43 bits per heavy atom. The highest BCUT2D eigenvalue weighted by Gasteiger charge is 1.94. The Balaban J connectivity index is 3.16. The molecular weight excluding hydrogens is 90.1 g/mol. The summed E-state index contributed by atoms with van der Waals surface area (Å²) in [5.41, 5.74) is 0. The molecule has 2 heteroatoms. The van der Waals surface area contributed by atoms with Crippen molar-refractivity contribution in [3.05, 3.63) is 0 Å². The number of amides is 1. The summed E-state index contributed by atoms with van der Waals surface area (Å²) in [6.45, 7) is 5.79. The van der Waals surface area contributed by atoms with Gasteiger partial charge in [-0.1, -0.05) is 0 Å². The van der Waals surface area contributed by atoms with Crippen molar-refractivity contribution in [3.63, 3.8) is 0 Å². The van der Waals surface area contributed by atoms with Gasteiger partial charge in [-0.05, 0) is 13.8 Å². The van der Waals surface area contributed by atoms with Crippen LogP contribution in [0.25, 0.3) is 0 Å². The molecule has 0 spiro atoms. The van der Waals surface area contributed by atoms with E-state index in [1.54, 1.807) is 0 Å². The molecule has 1 N–H and O–H groups in total. The zero-order valence-corrected chi connectivity index (χ0v) is 4.90. The fourth-order valence-corrected chi connectivity index (χ4v) is 0.417. The summed E-state index contributed by atoms with van der Waals surface area (Å²) in [4.78, 5) is 10.9. The van der Waals surface area contributed by atoms with Crippen LogP contribution < -0.4 is 4.90 Å². The molecule has 0 aliphatic carbocycles. The molecule has 0 aromatic rings. The number of quaternary nitrogens is 1. The third-order valence-corrected chi connectivity index (χ3v) is 1.07. The molecule has 2 nitrogen and oxygen atoms in total. The third kappa shape index (κ3) is 2.34. The molecule has 42 valence electrons. The van der Waals surface area contributed by atoms with Crippen LogP contribution in [-0.4, -0.2) is 19.5 Å². The second-order valence-electron chi connectivity index (χ2n) is 1.48. The summed E-state index contributed by atoms with van der Waals surface area (Å²) in [5.74, 6) is 0. The zero-order valence-electron chi connectivity index (χ0n) is 4.90. The molecule has 1 amide bonds. The predicted molar refractivity (Wildman–Crippen MR) is 28.1 cm³/mol. The monoisotopic (exact) mass is 102 g/mol. The van der Waals surface area contributed by atoms with Gasteiger partial charge in [-0.2, -0.15) is 0 Å². The van der Waals surface area contributed by atoms with Crippen molar-refractivity contribution < 1.29 is 9.69 Å². The lowest BCUT2D eigenvalue weighted by molar-refractivity contribution is -0.806. The topological polar surface area (TPSA) is 21.5 Å². The summed E-state index contributed by atoms with van der Waals surface area (Å²) < 4.78 is 0. The van der Waals surface area contributed by atoms with Gasteiger partial charge in [0.2, 0.25) is 0 Å². The lowest BCUT2D eigenvalue weighted by atomic mass is 10.6. The first-order chi connectivity index (χ1) is 3.35. The van der Waals surface area contributed by atoms with Crippen molar-refractivity contribution in [3.8, 4) is 0 Å². The van der Waals surface area contributed by atoms with Crippen LogP contribution in [0.3, 0.4) is 0 Å². The van der Waals surface area contributed by atoms with Crippen LogP contribution in [0.2, 0.25) is 0 Å². The molecule has 0 aliphatic heterocycles. The first-order valence-electron chi connectivity index (χ1n) is 2.65. The van der Waals surface area contributed by atoms with Gasteiger partial charge in [0.15, 0.2) is 0 Å². The van der Waals surface area contributed by atoms with Gasteiger partial charge in [0.25, 0.3) is 6.41 Å². The highest BCUT2D eigenvalue weighted by molar-refractivity contribution is 5.33. The summed E-state index contributed by atoms with van der Waals surface area (Å²) in [5, 5.41) is 0. The van der Waals surface area contributed by atoms with Gasteiger partial charge < -0.3 is 0 Å². The van der Waals surface area contributed by atoms with E-state index in [1.807, 2.05) is 13.8 Å². The molecule has 0 fully saturated rings. The minimum atomic E-state index is 0.903. The molecular formula is C5H12NO+. The number of rotatable bonds is 3. The minimum Gasteiger partial charge on any atom is -0.275 e. The van der Waals surface area contributed by atoms with Crippen LogP contribution in [0, 0.1) is 0 Å². The standard InChI is InChI=1S/C5H11NO/c1-3-6(4-2)5-7/h5H,3-4H2,1-2H3/p+1. The second kappa shape index (κ2) is 3.81. The van der Waals surface area contributed by atoms with Crippen LogP contribution in [0.4, 0.5) is 0 Å². The number of carbonyl (C=O) groups is 1. The normalized spacial score (nSPS) is 9.57. The molecule has 0 saturated carbocycles. The van der Waals surface area contributed by atoms with Crippen molar-refractivity contribution in [2.45, 2.75) is 13.8 Å². The van der Waals surface area contributed by atoms with Crippen LogP contribution in [0.15, 0.2) is 0 Å². The molecule has 0 aliphatic rings. The number of hydrogen-bond donors (Lipinski definition) is 1. The van der Waals surface area contributed by atoms with E-state index in [0.29, 0.717) is 0 Å². The van der Waals surface area contributed by atoms with Crippen molar-refractivity contribution >= 4 is 6.41 Å². The van der Waals surface area contributed by atoms with Crippen LogP contribution >= 0.6 is 0 Å². The maximum Gasteiger partial charge on any atom is 0.299 e. The Morgan fingerprint density at radius 2 is 1.86 bits per heavy atom. The van der Waals surface area contributed by atoms with Crippen LogP contribution in [0.1, 0.15) is 13.8 Å². The van der Waals surface area contributed by atoms with Gasteiger partial charge in [-0.25, -0.2) is 4.79 Å². The van der Waals surface area contributed by atoms with Crippen LogP contribution in [0.5, 0.6) is 0 Å². The number of nitrogens with one attached hydrogen (secondary N) is 1. The lowest BCUT2D eigenvalue weighted by Crippen LogP contribution is -3.10. The van der Waals surface area contributed by atoms with Gasteiger partial charge in [0, 0.05) is 0 Å². The van der Waals surface area contributed by atoms with E-state index in [4.69, 9.17) is 0 Å². The van der Waals surface area contributed by atoms with Crippen LogP contribution in [-0.2, 0) is 4.79 Å². The van der Waals surface area contributed by atoms with Crippen molar-refractivity contribution in [2.24, 2.45) is 0 Å². The van der Waals surface area contributed by atoms with Gasteiger partial charge in [0.05, 0.1) is 13.1 Å². The van der Waals surface area contributed by atoms with Gasteiger partial charge in [0.1, 0.15) is 0 Å². The Hall–Kier alpha value is -0.370. The molecule has 0 saturated heterocycles. The fraction of sp³-hybridized carbons (Fsp3) is 0.800. The van der Waals surface area contributed by atoms with E-state index in [2.05, 4.69) is 0 Å². The first kappa shape index (κ1) is 6.63. The SMILES string of the molecule is CC[NH+](C=O)CC. The zero-order chi connectivity index (χ0) is 5.70. The third-order valence-electron chi connectivity index (χ3n) is 1.07. The minimum absolute atomic E-state index is 0.903. The average Bonchev–Trinajstić information content (AvgIpc) is 1.72. The van der Waals surface area contributed by atoms with Crippen molar-refractivity contribution in [1.29, 1.82) is 0 Å². The summed E-state index contributed by atoms with van der Waals surface area (Å²) in [7, 11) is 0. The van der Waals surface area contributed by atoms with E-state index in [9.17, 15) is 4.79 Å². The highest BCUT2D eigenvalue weighted by Crippen LogP contribution is 1.38. The Morgan fingerprint density at radius 3 is 1.86 bits per heavy atom.